The number of halogens is 1. The molecule has 3 N–H and O–H groups in total. The third-order valence-corrected chi connectivity index (χ3v) is 7.57. The van der Waals surface area contributed by atoms with E-state index in [2.05, 4.69) is 5.32 Å². The topological polar surface area (TPSA) is 102 Å². The number of benzene rings is 2. The molecule has 1 unspecified atom stereocenters. The lowest BCUT2D eigenvalue weighted by Gasteiger charge is -2.47. The van der Waals surface area contributed by atoms with Crippen molar-refractivity contribution in [2.24, 2.45) is 11.1 Å². The minimum Gasteiger partial charge on any atom is -0.466 e. The molecule has 36 heavy (non-hydrogen) atoms. The van der Waals surface area contributed by atoms with Gasteiger partial charge in [0.15, 0.2) is 5.78 Å². The van der Waals surface area contributed by atoms with Crippen LogP contribution in [-0.4, -0.2) is 24.8 Å². The average Bonchev–Trinajstić information content (AvgIpc) is 3.06. The normalized spacial score (nSPS) is 22.6. The lowest BCUT2D eigenvalue weighted by Crippen LogP contribution is -2.54. The number of amides is 1. The number of fused-ring (bicyclic) bond motifs is 3. The molecule has 2 aliphatic heterocycles. The zero-order valence-corrected chi connectivity index (χ0v) is 21.7. The van der Waals surface area contributed by atoms with E-state index >= 15 is 0 Å². The van der Waals surface area contributed by atoms with Crippen molar-refractivity contribution in [3.8, 4) is 0 Å². The fraction of sp³-hybridized carbons (Fsp3) is 0.321. The number of nitrogens with zero attached hydrogens (tertiary/aromatic N) is 1. The average molecular weight is 506 g/mol. The van der Waals surface area contributed by atoms with Gasteiger partial charge in [0.25, 0.3) is 0 Å². The van der Waals surface area contributed by atoms with Crippen molar-refractivity contribution in [3.05, 3.63) is 80.8 Å². The van der Waals surface area contributed by atoms with Crippen LogP contribution in [0, 0.1) is 19.3 Å². The zero-order valence-electron chi connectivity index (χ0n) is 20.9. The van der Waals surface area contributed by atoms with Crippen molar-refractivity contribution >= 4 is 40.6 Å². The molecular formula is C28H28ClN3O4. The Labute approximate surface area is 214 Å². The molecule has 8 heteroatoms. The second-order valence-electron chi connectivity index (χ2n) is 10.5. The second-order valence-corrected chi connectivity index (χ2v) is 11.0. The minimum atomic E-state index is -1.77. The molecule has 1 amide bonds. The van der Waals surface area contributed by atoms with Crippen LogP contribution in [0.4, 0.5) is 11.4 Å². The number of methoxy groups -OCH3 is 1. The number of carbonyl (C=O) groups excluding carboxylic acids is 3. The summed E-state index contributed by atoms with van der Waals surface area (Å²) in [6.45, 7) is 7.93. The Morgan fingerprint density at radius 2 is 1.83 bits per heavy atom. The van der Waals surface area contributed by atoms with Gasteiger partial charge >= 0.3 is 5.97 Å². The minimum absolute atomic E-state index is 0.0581. The number of ether oxygens (including phenoxy) is 1. The van der Waals surface area contributed by atoms with Crippen LogP contribution >= 0.6 is 11.6 Å². The molecule has 1 spiro atoms. The Morgan fingerprint density at radius 3 is 2.53 bits per heavy atom. The number of nitrogens with two attached hydrogens (primary N) is 1. The fourth-order valence-corrected chi connectivity index (χ4v) is 6.02. The predicted molar refractivity (Wildman–Crippen MR) is 138 cm³/mol. The predicted octanol–water partition coefficient (Wildman–Crippen LogP) is 4.65. The first-order valence-corrected chi connectivity index (χ1v) is 12.1. The summed E-state index contributed by atoms with van der Waals surface area (Å²) in [5.74, 6) is -1.46. The van der Waals surface area contributed by atoms with Crippen molar-refractivity contribution < 1.29 is 19.1 Å². The third kappa shape index (κ3) is 3.22. The van der Waals surface area contributed by atoms with Crippen LogP contribution in [0.5, 0.6) is 0 Å². The van der Waals surface area contributed by atoms with Crippen LogP contribution in [0.15, 0.2) is 59.1 Å². The molecule has 186 valence electrons. The highest BCUT2D eigenvalue weighted by Crippen LogP contribution is 2.58. The molecule has 0 radical (unpaired) electrons. The highest BCUT2D eigenvalue weighted by molar-refractivity contribution is 6.31. The van der Waals surface area contributed by atoms with E-state index in [0.717, 1.165) is 16.8 Å². The zero-order chi connectivity index (χ0) is 26.2. The Bertz CT molecular complexity index is 1440. The quantitative estimate of drug-likeness (QED) is 0.576. The van der Waals surface area contributed by atoms with Gasteiger partial charge in [-0.05, 0) is 61.1 Å². The van der Waals surface area contributed by atoms with Crippen LogP contribution in [0.2, 0.25) is 5.02 Å². The highest BCUT2D eigenvalue weighted by atomic mass is 35.5. The molecule has 7 nitrogen and oxygen atoms in total. The molecule has 5 rings (SSSR count). The molecule has 0 aromatic heterocycles. The van der Waals surface area contributed by atoms with E-state index in [4.69, 9.17) is 22.1 Å². The van der Waals surface area contributed by atoms with E-state index < -0.39 is 17.3 Å². The molecule has 3 aliphatic rings. The van der Waals surface area contributed by atoms with Gasteiger partial charge in [0.2, 0.25) is 5.91 Å². The number of ketones is 1. The van der Waals surface area contributed by atoms with Crippen molar-refractivity contribution in [2.75, 3.05) is 17.3 Å². The summed E-state index contributed by atoms with van der Waals surface area (Å²) < 4.78 is 5.18. The lowest BCUT2D eigenvalue weighted by atomic mass is 9.60. The summed E-state index contributed by atoms with van der Waals surface area (Å²) in [5.41, 5.74) is 9.00. The van der Waals surface area contributed by atoms with Crippen molar-refractivity contribution in [1.82, 2.24) is 0 Å². The van der Waals surface area contributed by atoms with Gasteiger partial charge in [0.1, 0.15) is 16.8 Å². The van der Waals surface area contributed by atoms with Crippen LogP contribution in [0.1, 0.15) is 43.4 Å². The van der Waals surface area contributed by atoms with Gasteiger partial charge in [-0.2, -0.15) is 0 Å². The summed E-state index contributed by atoms with van der Waals surface area (Å²) >= 11 is 6.38. The number of aryl methyl sites for hydroxylation is 2. The van der Waals surface area contributed by atoms with Crippen LogP contribution in [0.25, 0.3) is 0 Å². The molecule has 0 saturated heterocycles. The van der Waals surface area contributed by atoms with Crippen molar-refractivity contribution in [3.63, 3.8) is 0 Å². The molecule has 2 heterocycles. The van der Waals surface area contributed by atoms with E-state index in [1.54, 1.807) is 23.1 Å². The van der Waals surface area contributed by atoms with Gasteiger partial charge in [-0.15, -0.1) is 0 Å². The van der Waals surface area contributed by atoms with E-state index in [-0.39, 0.29) is 34.6 Å². The SMILES string of the molecule is COC(=O)C1=C(N)N(c2cc(C)ccc2C)C2=C(C(=O)CC(C)(C)C2)C12C(=O)Nc1ccc(Cl)cc12. The van der Waals surface area contributed by atoms with Gasteiger partial charge in [0.05, 0.1) is 12.8 Å². The van der Waals surface area contributed by atoms with Gasteiger partial charge in [-0.25, -0.2) is 4.79 Å². The Hall–Kier alpha value is -3.58. The Balaban J connectivity index is 1.96. The smallest absolute Gasteiger partial charge is 0.339 e. The number of allylic oxidation sites excluding steroid dienone is 1. The van der Waals surface area contributed by atoms with Gasteiger partial charge in [0, 0.05) is 34.0 Å². The summed E-state index contributed by atoms with van der Waals surface area (Å²) in [4.78, 5) is 43.2. The van der Waals surface area contributed by atoms with Crippen molar-refractivity contribution in [2.45, 2.75) is 46.0 Å². The third-order valence-electron chi connectivity index (χ3n) is 7.34. The molecule has 2 aromatic carbocycles. The lowest BCUT2D eigenvalue weighted by molar-refractivity contribution is -0.138. The molecule has 0 fully saturated rings. The standard InChI is InChI=1S/C28H28ClN3O4/c1-14-6-7-15(2)19(10-14)32-20-12-27(3,4)13-21(33)22(20)28(23(24(32)30)25(34)36-5)17-11-16(29)8-9-18(17)31-26(28)35/h6-11H,12-13,30H2,1-5H3,(H,31,35). The first-order valence-electron chi connectivity index (χ1n) is 11.8. The maximum absolute atomic E-state index is 14.0. The Kier molecular flexibility index (Phi) is 5.34. The van der Waals surface area contributed by atoms with E-state index in [0.29, 0.717) is 28.4 Å². The molecule has 1 atom stereocenters. The molecule has 0 saturated carbocycles. The molecular weight excluding hydrogens is 478 g/mol. The molecule has 0 bridgehead atoms. The number of hydrogen-bond acceptors (Lipinski definition) is 6. The largest absolute Gasteiger partial charge is 0.466 e. The Morgan fingerprint density at radius 1 is 1.11 bits per heavy atom. The number of rotatable bonds is 2. The fourth-order valence-electron chi connectivity index (χ4n) is 5.84. The van der Waals surface area contributed by atoms with Crippen molar-refractivity contribution in [1.29, 1.82) is 0 Å². The van der Waals surface area contributed by atoms with Crippen LogP contribution in [0.3, 0.4) is 0 Å². The number of hydrogen-bond donors (Lipinski definition) is 2. The maximum atomic E-state index is 14.0. The van der Waals surface area contributed by atoms with E-state index in [9.17, 15) is 14.4 Å². The molecule has 2 aromatic rings. The number of esters is 1. The summed E-state index contributed by atoms with van der Waals surface area (Å²) in [6, 6.07) is 10.9. The summed E-state index contributed by atoms with van der Waals surface area (Å²) in [7, 11) is 1.24. The van der Waals surface area contributed by atoms with Crippen LogP contribution in [-0.2, 0) is 24.5 Å². The summed E-state index contributed by atoms with van der Waals surface area (Å²) in [6.07, 6.45) is 0.688. The number of carbonyl (C=O) groups is 3. The number of Topliss-reactive ketones (excluding diaryl/α,β-unsaturated/α-hetero) is 1. The van der Waals surface area contributed by atoms with E-state index in [1.165, 1.54) is 7.11 Å². The van der Waals surface area contributed by atoms with Gasteiger partial charge < -0.3 is 15.8 Å². The van der Waals surface area contributed by atoms with Crippen LogP contribution < -0.4 is 16.0 Å². The van der Waals surface area contributed by atoms with Gasteiger partial charge in [-0.3, -0.25) is 14.5 Å². The van der Waals surface area contributed by atoms with Gasteiger partial charge in [-0.1, -0.05) is 37.6 Å². The first kappa shape index (κ1) is 24.1. The maximum Gasteiger partial charge on any atom is 0.339 e. The highest BCUT2D eigenvalue weighted by Gasteiger charge is 2.63. The van der Waals surface area contributed by atoms with E-state index in [1.807, 2.05) is 45.9 Å². The second kappa shape index (κ2) is 7.96. The first-order chi connectivity index (χ1) is 16.9. The molecule has 1 aliphatic carbocycles. The monoisotopic (exact) mass is 505 g/mol. The number of anilines is 2. The summed E-state index contributed by atoms with van der Waals surface area (Å²) in [5, 5.41) is 3.23. The number of nitrogens with one attached hydrogen (secondary N) is 1.